The quantitative estimate of drug-likeness (QED) is 0.676. The maximum absolute atomic E-state index is 13.1. The van der Waals surface area contributed by atoms with E-state index in [1.165, 1.54) is 29.2 Å². The minimum absolute atomic E-state index is 0.185. The molecule has 30 heavy (non-hydrogen) atoms. The lowest BCUT2D eigenvalue weighted by Crippen LogP contribution is -2.47. The minimum atomic E-state index is -0.703. The summed E-state index contributed by atoms with van der Waals surface area (Å²) in [6.45, 7) is 5.41. The van der Waals surface area contributed by atoms with Gasteiger partial charge in [-0.25, -0.2) is 9.37 Å². The Morgan fingerprint density at radius 1 is 1.23 bits per heavy atom. The van der Waals surface area contributed by atoms with E-state index in [1.54, 1.807) is 24.3 Å². The van der Waals surface area contributed by atoms with Crippen LogP contribution in [0.5, 0.6) is 5.75 Å². The number of hydrogen-bond donors (Lipinski definition) is 1. The number of aromatic nitrogens is 1. The van der Waals surface area contributed by atoms with Gasteiger partial charge in [0.25, 0.3) is 5.91 Å². The van der Waals surface area contributed by atoms with Crippen molar-refractivity contribution in [3.05, 3.63) is 58.2 Å². The van der Waals surface area contributed by atoms with Gasteiger partial charge >= 0.3 is 0 Å². The molecule has 1 unspecified atom stereocenters. The minimum Gasteiger partial charge on any atom is -0.479 e. The van der Waals surface area contributed by atoms with Crippen molar-refractivity contribution in [2.75, 3.05) is 16.8 Å². The smallest absolute Gasteiger partial charge is 0.268 e. The molecule has 6 nitrogen and oxygen atoms in total. The van der Waals surface area contributed by atoms with Crippen molar-refractivity contribution in [1.29, 1.82) is 0 Å². The lowest BCUT2D eigenvalue weighted by molar-refractivity contribution is -0.127. The number of hydrogen-bond acceptors (Lipinski definition) is 5. The second-order valence-electron chi connectivity index (χ2n) is 7.06. The van der Waals surface area contributed by atoms with E-state index < -0.39 is 6.10 Å². The maximum Gasteiger partial charge on any atom is 0.268 e. The molecule has 1 atom stereocenters. The number of nitrogens with one attached hydrogen (secondary N) is 1. The normalized spacial score (nSPS) is 15.5. The molecule has 0 radical (unpaired) electrons. The lowest BCUT2D eigenvalue weighted by Gasteiger charge is -2.33. The van der Waals surface area contributed by atoms with Crippen molar-refractivity contribution in [1.82, 2.24) is 4.98 Å². The Labute approximate surface area is 177 Å². The van der Waals surface area contributed by atoms with E-state index in [0.717, 1.165) is 21.1 Å². The first-order valence-electron chi connectivity index (χ1n) is 9.43. The fourth-order valence-electron chi connectivity index (χ4n) is 3.39. The third-order valence-corrected chi connectivity index (χ3v) is 5.66. The number of aryl methyl sites for hydroxylation is 2. The van der Waals surface area contributed by atoms with E-state index in [1.807, 2.05) is 26.0 Å². The van der Waals surface area contributed by atoms with Crippen LogP contribution in [-0.2, 0) is 9.59 Å². The van der Waals surface area contributed by atoms with Crippen molar-refractivity contribution in [2.24, 2.45) is 0 Å². The van der Waals surface area contributed by atoms with Crippen LogP contribution in [0.25, 0.3) is 11.3 Å². The molecular weight excluding hydrogens is 405 g/mol. The van der Waals surface area contributed by atoms with Crippen molar-refractivity contribution >= 4 is 34.5 Å². The Bertz CT molecular complexity index is 1130. The first kappa shape index (κ1) is 20.0. The summed E-state index contributed by atoms with van der Waals surface area (Å²) in [7, 11) is 0. The molecule has 8 heteroatoms. The lowest BCUT2D eigenvalue weighted by atomic mass is 10.1. The average molecular weight is 425 g/mol. The SMILES string of the molecule is Cc1nc(-c2ccc3c(c2)N(CC(=O)Nc2ccc(F)cc2)C(=O)C(C)O3)c(C)s1. The number of halogens is 1. The number of carbonyl (C=O) groups is 2. The van der Waals surface area contributed by atoms with Gasteiger partial charge in [0.2, 0.25) is 5.91 Å². The molecule has 154 valence electrons. The fourth-order valence-corrected chi connectivity index (χ4v) is 4.23. The Morgan fingerprint density at radius 2 is 1.97 bits per heavy atom. The zero-order valence-corrected chi connectivity index (χ0v) is 17.5. The van der Waals surface area contributed by atoms with Crippen molar-refractivity contribution in [2.45, 2.75) is 26.9 Å². The highest BCUT2D eigenvalue weighted by Crippen LogP contribution is 2.38. The summed E-state index contributed by atoms with van der Waals surface area (Å²) in [5, 5.41) is 3.65. The summed E-state index contributed by atoms with van der Waals surface area (Å²) >= 11 is 1.60. The predicted octanol–water partition coefficient (Wildman–Crippen LogP) is 4.32. The van der Waals surface area contributed by atoms with Crippen LogP contribution in [0.2, 0.25) is 0 Å². The highest BCUT2D eigenvalue weighted by atomic mass is 32.1. The van der Waals surface area contributed by atoms with Gasteiger partial charge in [-0.15, -0.1) is 11.3 Å². The molecule has 1 aromatic heterocycles. The van der Waals surface area contributed by atoms with E-state index in [-0.39, 0.29) is 24.2 Å². The zero-order chi connectivity index (χ0) is 21.4. The molecule has 2 heterocycles. The largest absolute Gasteiger partial charge is 0.479 e. The van der Waals surface area contributed by atoms with Crippen LogP contribution in [0.3, 0.4) is 0 Å². The number of carbonyl (C=O) groups excluding carboxylic acids is 2. The molecule has 2 aromatic carbocycles. The Kier molecular flexibility index (Phi) is 5.26. The first-order valence-corrected chi connectivity index (χ1v) is 10.3. The third kappa shape index (κ3) is 3.91. The van der Waals surface area contributed by atoms with Crippen molar-refractivity contribution in [3.8, 4) is 17.0 Å². The number of fused-ring (bicyclic) bond motifs is 1. The second kappa shape index (κ2) is 7.87. The standard InChI is InChI=1S/C22H20FN3O3S/c1-12-22(28)26(11-20(27)25-17-7-5-16(23)6-8-17)18-10-15(4-9-19(18)29-12)21-13(2)30-14(3)24-21/h4-10,12H,11H2,1-3H3,(H,25,27). The number of nitrogens with zero attached hydrogens (tertiary/aromatic N) is 2. The van der Waals surface area contributed by atoms with Crippen LogP contribution in [0.4, 0.5) is 15.8 Å². The van der Waals surface area contributed by atoms with Crippen molar-refractivity contribution < 1.29 is 18.7 Å². The summed E-state index contributed by atoms with van der Waals surface area (Å²) < 4.78 is 18.8. The topological polar surface area (TPSA) is 71.5 Å². The molecule has 4 rings (SSSR count). The van der Waals surface area contributed by atoms with Gasteiger partial charge in [0.15, 0.2) is 6.10 Å². The van der Waals surface area contributed by atoms with E-state index in [9.17, 15) is 14.0 Å². The van der Waals surface area contributed by atoms with Crippen LogP contribution < -0.4 is 15.0 Å². The maximum atomic E-state index is 13.1. The molecule has 0 bridgehead atoms. The molecule has 1 aliphatic heterocycles. The van der Waals surface area contributed by atoms with E-state index in [2.05, 4.69) is 10.3 Å². The second-order valence-corrected chi connectivity index (χ2v) is 8.47. The third-order valence-electron chi connectivity index (χ3n) is 4.77. The average Bonchev–Trinajstić information content (AvgIpc) is 3.05. The van der Waals surface area contributed by atoms with E-state index in [0.29, 0.717) is 17.1 Å². The molecule has 0 spiro atoms. The molecule has 3 aromatic rings. The van der Waals surface area contributed by atoms with E-state index >= 15 is 0 Å². The predicted molar refractivity (Wildman–Crippen MR) is 114 cm³/mol. The van der Waals surface area contributed by atoms with Crippen LogP contribution >= 0.6 is 11.3 Å². The van der Waals surface area contributed by atoms with Gasteiger partial charge in [-0.2, -0.15) is 0 Å². The summed E-state index contributed by atoms with van der Waals surface area (Å²) in [6.07, 6.45) is -0.703. The van der Waals surface area contributed by atoms with Gasteiger partial charge in [0.1, 0.15) is 18.1 Å². The number of rotatable bonds is 4. The number of amides is 2. The summed E-state index contributed by atoms with van der Waals surface area (Å²) in [4.78, 5) is 32.5. The molecule has 0 saturated carbocycles. The molecule has 1 aliphatic rings. The fraction of sp³-hybridized carbons (Fsp3) is 0.227. The van der Waals surface area contributed by atoms with Crippen LogP contribution in [0, 0.1) is 19.7 Å². The number of anilines is 2. The molecule has 0 aliphatic carbocycles. The molecule has 0 fully saturated rings. The zero-order valence-electron chi connectivity index (χ0n) is 16.7. The first-order chi connectivity index (χ1) is 14.3. The molecule has 2 amide bonds. The van der Waals surface area contributed by atoms with Gasteiger partial charge in [0.05, 0.1) is 16.4 Å². The highest BCUT2D eigenvalue weighted by molar-refractivity contribution is 7.11. The number of thiazole rings is 1. The summed E-state index contributed by atoms with van der Waals surface area (Å²) in [5.41, 5.74) is 2.68. The van der Waals surface area contributed by atoms with Gasteiger partial charge in [-0.05, 0) is 63.2 Å². The monoisotopic (exact) mass is 425 g/mol. The number of ether oxygens (including phenoxy) is 1. The van der Waals surface area contributed by atoms with Crippen LogP contribution in [0.15, 0.2) is 42.5 Å². The Balaban J connectivity index is 1.64. The van der Waals surface area contributed by atoms with Gasteiger partial charge < -0.3 is 10.1 Å². The van der Waals surface area contributed by atoms with Gasteiger partial charge in [-0.3, -0.25) is 14.5 Å². The Morgan fingerprint density at radius 3 is 2.63 bits per heavy atom. The molecule has 1 N–H and O–H groups in total. The number of benzene rings is 2. The molecular formula is C22H20FN3O3S. The Hall–Kier alpha value is -3.26. The van der Waals surface area contributed by atoms with Gasteiger partial charge in [-0.1, -0.05) is 0 Å². The molecule has 0 saturated heterocycles. The summed E-state index contributed by atoms with van der Waals surface area (Å²) in [6, 6.07) is 11.0. The van der Waals surface area contributed by atoms with Crippen LogP contribution in [-0.4, -0.2) is 29.4 Å². The van der Waals surface area contributed by atoms with E-state index in [4.69, 9.17) is 4.74 Å². The van der Waals surface area contributed by atoms with Crippen molar-refractivity contribution in [3.63, 3.8) is 0 Å². The summed E-state index contributed by atoms with van der Waals surface area (Å²) in [5.74, 6) is -0.551. The van der Waals surface area contributed by atoms with Gasteiger partial charge in [0, 0.05) is 16.1 Å². The van der Waals surface area contributed by atoms with Crippen LogP contribution in [0.1, 0.15) is 16.8 Å². The highest BCUT2D eigenvalue weighted by Gasteiger charge is 2.33.